The molecule has 5 heteroatoms. The maximum atomic E-state index is 5.40. The number of guanidine groups is 1. The van der Waals surface area contributed by atoms with Gasteiger partial charge in [-0.1, -0.05) is 26.0 Å². The van der Waals surface area contributed by atoms with E-state index in [-0.39, 0.29) is 29.5 Å². The molecule has 1 aliphatic rings. The highest BCUT2D eigenvalue weighted by atomic mass is 127. The van der Waals surface area contributed by atoms with Crippen molar-refractivity contribution in [1.82, 2.24) is 10.2 Å². The predicted octanol–water partition coefficient (Wildman–Crippen LogP) is 3.86. The Morgan fingerprint density at radius 2 is 1.96 bits per heavy atom. The lowest BCUT2D eigenvalue weighted by molar-refractivity contribution is -0.0666. The molecule has 1 N–H and O–H groups in total. The van der Waals surface area contributed by atoms with Gasteiger partial charge in [0.05, 0.1) is 7.11 Å². The molecule has 24 heavy (non-hydrogen) atoms. The number of ether oxygens (including phenoxy) is 1. The molecule has 0 radical (unpaired) electrons. The van der Waals surface area contributed by atoms with Crippen LogP contribution in [0.5, 0.6) is 5.75 Å². The Morgan fingerprint density at radius 1 is 1.29 bits per heavy atom. The fourth-order valence-corrected chi connectivity index (χ4v) is 3.03. The van der Waals surface area contributed by atoms with Crippen molar-refractivity contribution in [2.75, 3.05) is 27.2 Å². The van der Waals surface area contributed by atoms with Gasteiger partial charge in [-0.3, -0.25) is 4.99 Å². The Bertz CT molecular complexity index is 596. The van der Waals surface area contributed by atoms with Gasteiger partial charge in [-0.25, -0.2) is 0 Å². The van der Waals surface area contributed by atoms with Crippen molar-refractivity contribution >= 4 is 29.9 Å². The lowest BCUT2D eigenvalue weighted by Crippen LogP contribution is -2.72. The van der Waals surface area contributed by atoms with Crippen LogP contribution in [0.15, 0.2) is 23.2 Å². The van der Waals surface area contributed by atoms with Gasteiger partial charge < -0.3 is 15.0 Å². The standard InChI is InChI=1S/C19H31N3O.HI/c1-14-8-9-15(12-16(14)23-7)10-11-21-17(20-6)22-13-18(2,3)19(22,4)5;/h8-9,12H,10-11,13H2,1-7H3,(H,20,21);1H. The predicted molar refractivity (Wildman–Crippen MR) is 113 cm³/mol. The van der Waals surface area contributed by atoms with Crippen LogP contribution in [0, 0.1) is 12.3 Å². The zero-order valence-corrected chi connectivity index (χ0v) is 18.4. The van der Waals surface area contributed by atoms with E-state index < -0.39 is 0 Å². The Morgan fingerprint density at radius 3 is 2.46 bits per heavy atom. The number of aliphatic imine (C=N–C) groups is 1. The van der Waals surface area contributed by atoms with Gasteiger partial charge in [-0.15, -0.1) is 24.0 Å². The number of nitrogens with zero attached hydrogens (tertiary/aromatic N) is 2. The minimum absolute atomic E-state index is 0. The summed E-state index contributed by atoms with van der Waals surface area (Å²) in [5.41, 5.74) is 2.89. The maximum absolute atomic E-state index is 5.40. The summed E-state index contributed by atoms with van der Waals surface area (Å²) in [5, 5.41) is 3.50. The summed E-state index contributed by atoms with van der Waals surface area (Å²) in [6.45, 7) is 13.2. The van der Waals surface area contributed by atoms with E-state index in [4.69, 9.17) is 4.74 Å². The van der Waals surface area contributed by atoms with Gasteiger partial charge >= 0.3 is 0 Å². The number of benzene rings is 1. The molecule has 0 aliphatic carbocycles. The van der Waals surface area contributed by atoms with E-state index >= 15 is 0 Å². The van der Waals surface area contributed by atoms with Gasteiger partial charge in [0.1, 0.15) is 5.75 Å². The van der Waals surface area contributed by atoms with E-state index in [0.29, 0.717) is 5.41 Å². The number of hydrogen-bond acceptors (Lipinski definition) is 2. The Labute approximate surface area is 164 Å². The quantitative estimate of drug-likeness (QED) is 0.435. The molecule has 0 spiro atoms. The van der Waals surface area contributed by atoms with Gasteiger partial charge in [0, 0.05) is 31.1 Å². The highest BCUT2D eigenvalue weighted by molar-refractivity contribution is 14.0. The molecule has 0 saturated carbocycles. The third kappa shape index (κ3) is 3.98. The zero-order chi connectivity index (χ0) is 17.3. The highest BCUT2D eigenvalue weighted by Gasteiger charge is 2.53. The lowest BCUT2D eigenvalue weighted by Gasteiger charge is -2.62. The molecule has 0 amide bonds. The first-order valence-corrected chi connectivity index (χ1v) is 8.35. The fraction of sp³-hybridized carbons (Fsp3) is 0.632. The number of nitrogens with one attached hydrogen (secondary N) is 1. The van der Waals surface area contributed by atoms with Crippen molar-refractivity contribution < 1.29 is 4.74 Å². The molecular formula is C19H32IN3O. The first-order valence-electron chi connectivity index (χ1n) is 8.35. The largest absolute Gasteiger partial charge is 0.496 e. The van der Waals surface area contributed by atoms with Crippen molar-refractivity contribution in [2.45, 2.75) is 46.6 Å². The number of likely N-dealkylation sites (tertiary alicyclic amines) is 1. The Kier molecular flexibility index (Phi) is 6.96. The van der Waals surface area contributed by atoms with Gasteiger partial charge in [-0.2, -0.15) is 0 Å². The second kappa shape index (κ2) is 7.93. The monoisotopic (exact) mass is 445 g/mol. The third-order valence-electron chi connectivity index (χ3n) is 5.52. The van der Waals surface area contributed by atoms with Crippen molar-refractivity contribution in [3.05, 3.63) is 29.3 Å². The summed E-state index contributed by atoms with van der Waals surface area (Å²) in [7, 11) is 3.58. The van der Waals surface area contributed by atoms with E-state index in [2.05, 4.69) is 68.0 Å². The molecule has 1 aromatic carbocycles. The van der Waals surface area contributed by atoms with Crippen LogP contribution in [0.4, 0.5) is 0 Å². The number of hydrogen-bond donors (Lipinski definition) is 1. The Balaban J connectivity index is 0.00000288. The van der Waals surface area contributed by atoms with Gasteiger partial charge in [-0.05, 0) is 44.4 Å². The van der Waals surface area contributed by atoms with E-state index in [1.807, 2.05) is 7.05 Å². The van der Waals surface area contributed by atoms with Gasteiger partial charge in [0.2, 0.25) is 0 Å². The lowest BCUT2D eigenvalue weighted by atomic mass is 9.65. The molecule has 4 nitrogen and oxygen atoms in total. The SMILES string of the molecule is CN=C(NCCc1ccc(C)c(OC)c1)N1CC(C)(C)C1(C)C.I. The van der Waals surface area contributed by atoms with Crippen LogP contribution in [0.25, 0.3) is 0 Å². The summed E-state index contributed by atoms with van der Waals surface area (Å²) in [4.78, 5) is 6.82. The number of rotatable bonds is 4. The molecule has 0 atom stereocenters. The summed E-state index contributed by atoms with van der Waals surface area (Å²) < 4.78 is 5.40. The topological polar surface area (TPSA) is 36.9 Å². The molecule has 1 heterocycles. The summed E-state index contributed by atoms with van der Waals surface area (Å²) in [6, 6.07) is 6.40. The zero-order valence-electron chi connectivity index (χ0n) is 16.1. The van der Waals surface area contributed by atoms with Crippen molar-refractivity contribution in [3.63, 3.8) is 0 Å². The molecule has 1 saturated heterocycles. The smallest absolute Gasteiger partial charge is 0.194 e. The number of aryl methyl sites for hydroxylation is 1. The molecule has 1 fully saturated rings. The van der Waals surface area contributed by atoms with E-state index in [0.717, 1.165) is 31.2 Å². The Hall–Kier alpha value is -0.980. The molecule has 2 rings (SSSR count). The molecular weight excluding hydrogens is 413 g/mol. The van der Waals surface area contributed by atoms with Crippen LogP contribution in [0.2, 0.25) is 0 Å². The molecule has 136 valence electrons. The first-order chi connectivity index (χ1) is 10.7. The van der Waals surface area contributed by atoms with Crippen LogP contribution in [0.3, 0.4) is 0 Å². The van der Waals surface area contributed by atoms with E-state index in [1.165, 1.54) is 11.1 Å². The molecule has 0 unspecified atom stereocenters. The van der Waals surface area contributed by atoms with E-state index in [9.17, 15) is 0 Å². The highest BCUT2D eigenvalue weighted by Crippen LogP contribution is 2.46. The van der Waals surface area contributed by atoms with Crippen LogP contribution >= 0.6 is 24.0 Å². The summed E-state index contributed by atoms with van der Waals surface area (Å²) >= 11 is 0. The fourth-order valence-electron chi connectivity index (χ4n) is 3.03. The van der Waals surface area contributed by atoms with Crippen LogP contribution in [-0.4, -0.2) is 43.6 Å². The summed E-state index contributed by atoms with van der Waals surface area (Å²) in [6.07, 6.45) is 0.952. The van der Waals surface area contributed by atoms with Gasteiger partial charge in [0.15, 0.2) is 5.96 Å². The average Bonchev–Trinajstić information content (AvgIpc) is 2.51. The minimum atomic E-state index is 0. The summed E-state index contributed by atoms with van der Waals surface area (Å²) in [5.74, 6) is 1.95. The molecule has 0 bridgehead atoms. The second-order valence-corrected chi connectivity index (χ2v) is 7.56. The van der Waals surface area contributed by atoms with Crippen molar-refractivity contribution in [1.29, 1.82) is 0 Å². The van der Waals surface area contributed by atoms with Crippen LogP contribution in [-0.2, 0) is 6.42 Å². The van der Waals surface area contributed by atoms with Crippen molar-refractivity contribution in [3.8, 4) is 5.75 Å². The minimum Gasteiger partial charge on any atom is -0.496 e. The molecule has 0 aromatic heterocycles. The first kappa shape index (κ1) is 21.1. The maximum Gasteiger partial charge on any atom is 0.194 e. The van der Waals surface area contributed by atoms with Gasteiger partial charge in [0.25, 0.3) is 0 Å². The van der Waals surface area contributed by atoms with Crippen LogP contribution < -0.4 is 10.1 Å². The average molecular weight is 445 g/mol. The molecule has 1 aromatic rings. The van der Waals surface area contributed by atoms with E-state index in [1.54, 1.807) is 7.11 Å². The van der Waals surface area contributed by atoms with Crippen LogP contribution in [0.1, 0.15) is 38.8 Å². The number of methoxy groups -OCH3 is 1. The third-order valence-corrected chi connectivity index (χ3v) is 5.52. The number of halogens is 1. The second-order valence-electron chi connectivity index (χ2n) is 7.56. The molecule has 1 aliphatic heterocycles. The normalized spacial score (nSPS) is 18.5. The van der Waals surface area contributed by atoms with Crippen molar-refractivity contribution in [2.24, 2.45) is 10.4 Å².